The van der Waals surface area contributed by atoms with Gasteiger partial charge in [0.15, 0.2) is 5.96 Å². The molecule has 0 radical (unpaired) electrons. The van der Waals surface area contributed by atoms with E-state index in [9.17, 15) is 13.2 Å². The van der Waals surface area contributed by atoms with Crippen LogP contribution in [0.4, 0.5) is 5.69 Å². The maximum Gasteiger partial charge on any atom is 0.224 e. The average Bonchev–Trinajstić information content (AvgIpc) is 2.57. The van der Waals surface area contributed by atoms with Crippen LogP contribution in [-0.2, 0) is 14.6 Å². The number of amides is 1. The van der Waals surface area contributed by atoms with Crippen molar-refractivity contribution in [3.63, 3.8) is 0 Å². The van der Waals surface area contributed by atoms with E-state index in [1.165, 1.54) is 6.26 Å². The zero-order chi connectivity index (χ0) is 19.6. The molecule has 1 rings (SSSR count). The number of sulfone groups is 1. The van der Waals surface area contributed by atoms with Crippen molar-refractivity contribution in [2.24, 2.45) is 4.99 Å². The molecule has 0 spiro atoms. The Morgan fingerprint density at radius 2 is 1.89 bits per heavy atom. The first-order valence-corrected chi connectivity index (χ1v) is 10.8. The van der Waals surface area contributed by atoms with E-state index < -0.39 is 9.84 Å². The second-order valence-corrected chi connectivity index (χ2v) is 8.82. The van der Waals surface area contributed by atoms with Crippen molar-refractivity contribution in [3.8, 4) is 0 Å². The summed E-state index contributed by atoms with van der Waals surface area (Å²) in [4.78, 5) is 16.0. The molecular weight excluding hydrogens is 503 g/mol. The van der Waals surface area contributed by atoms with E-state index >= 15 is 0 Å². The molecule has 10 heteroatoms. The predicted octanol–water partition coefficient (Wildman–Crippen LogP) is 2.66. The first kappa shape index (κ1) is 25.9. The second-order valence-electron chi connectivity index (χ2n) is 6.12. The van der Waals surface area contributed by atoms with E-state index in [1.54, 1.807) is 31.3 Å². The lowest BCUT2D eigenvalue weighted by Crippen LogP contribution is -2.43. The highest BCUT2D eigenvalue weighted by Crippen LogP contribution is 2.13. The van der Waals surface area contributed by atoms with Crippen molar-refractivity contribution in [1.82, 2.24) is 10.6 Å². The average molecular weight is 531 g/mol. The maximum absolute atomic E-state index is 11.9. The Kier molecular flexibility index (Phi) is 12.6. The van der Waals surface area contributed by atoms with Gasteiger partial charge in [-0.2, -0.15) is 0 Å². The van der Waals surface area contributed by atoms with Gasteiger partial charge in [-0.25, -0.2) is 8.42 Å². The number of halogens is 2. The molecule has 0 aliphatic carbocycles. The van der Waals surface area contributed by atoms with Crippen molar-refractivity contribution in [2.45, 2.75) is 32.2 Å². The van der Waals surface area contributed by atoms with E-state index in [-0.39, 0.29) is 41.7 Å². The number of hydrogen-bond acceptors (Lipinski definition) is 4. The van der Waals surface area contributed by atoms with Gasteiger partial charge in [0.2, 0.25) is 5.91 Å². The quantitative estimate of drug-likeness (QED) is 0.197. The van der Waals surface area contributed by atoms with Gasteiger partial charge in [-0.1, -0.05) is 11.6 Å². The minimum absolute atomic E-state index is 0. The van der Waals surface area contributed by atoms with Crippen LogP contribution < -0.4 is 16.0 Å². The lowest BCUT2D eigenvalue weighted by Gasteiger charge is -2.17. The summed E-state index contributed by atoms with van der Waals surface area (Å²) < 4.78 is 22.4. The molecule has 0 aliphatic rings. The lowest BCUT2D eigenvalue weighted by molar-refractivity contribution is -0.116. The number of guanidine groups is 1. The fourth-order valence-corrected chi connectivity index (χ4v) is 3.01. The van der Waals surface area contributed by atoms with E-state index in [4.69, 9.17) is 11.6 Å². The fraction of sp³-hybridized carbons (Fsp3) is 0.529. The minimum Gasteiger partial charge on any atom is -0.356 e. The van der Waals surface area contributed by atoms with E-state index in [2.05, 4.69) is 20.9 Å². The molecular formula is C17H28ClIN4O3S. The maximum atomic E-state index is 11.9. The molecule has 27 heavy (non-hydrogen) atoms. The second kappa shape index (κ2) is 13.2. The van der Waals surface area contributed by atoms with Gasteiger partial charge >= 0.3 is 0 Å². The summed E-state index contributed by atoms with van der Waals surface area (Å²) in [5.74, 6) is 0.644. The Morgan fingerprint density at radius 3 is 2.44 bits per heavy atom. The van der Waals surface area contributed by atoms with Gasteiger partial charge in [0.1, 0.15) is 9.84 Å². The summed E-state index contributed by atoms with van der Waals surface area (Å²) in [6.45, 7) is 2.48. The van der Waals surface area contributed by atoms with Crippen molar-refractivity contribution in [1.29, 1.82) is 0 Å². The van der Waals surface area contributed by atoms with Gasteiger partial charge in [0, 0.05) is 43.0 Å². The molecule has 0 saturated carbocycles. The first-order chi connectivity index (χ1) is 12.2. The molecule has 1 unspecified atom stereocenters. The Morgan fingerprint density at radius 1 is 1.26 bits per heavy atom. The Hall–Kier alpha value is -1.07. The molecule has 0 heterocycles. The van der Waals surface area contributed by atoms with Gasteiger partial charge in [0.05, 0.1) is 5.75 Å². The molecule has 0 saturated heterocycles. The zero-order valence-electron chi connectivity index (χ0n) is 15.8. The number of benzene rings is 1. The SMILES string of the molecule is CN=C(NCCCC(=O)Nc1ccc(Cl)cc1)NC(C)CCS(C)(=O)=O.I. The number of rotatable bonds is 9. The largest absolute Gasteiger partial charge is 0.356 e. The van der Waals surface area contributed by atoms with Gasteiger partial charge in [-0.15, -0.1) is 24.0 Å². The highest BCUT2D eigenvalue weighted by molar-refractivity contribution is 14.0. The summed E-state index contributed by atoms with van der Waals surface area (Å²) in [5.41, 5.74) is 0.713. The summed E-state index contributed by atoms with van der Waals surface area (Å²) in [7, 11) is -1.33. The zero-order valence-corrected chi connectivity index (χ0v) is 19.7. The number of carbonyl (C=O) groups excluding carboxylic acids is 1. The van der Waals surface area contributed by atoms with Crippen LogP contribution in [0.2, 0.25) is 5.02 Å². The number of aliphatic imine (C=N–C) groups is 1. The van der Waals surface area contributed by atoms with Gasteiger partial charge in [0.25, 0.3) is 0 Å². The highest BCUT2D eigenvalue weighted by Gasteiger charge is 2.09. The molecule has 1 aromatic rings. The number of carbonyl (C=O) groups is 1. The monoisotopic (exact) mass is 530 g/mol. The van der Waals surface area contributed by atoms with E-state index in [0.717, 1.165) is 0 Å². The third-order valence-electron chi connectivity index (χ3n) is 3.53. The molecule has 0 bridgehead atoms. The summed E-state index contributed by atoms with van der Waals surface area (Å²) in [6.07, 6.45) is 2.74. The van der Waals surface area contributed by atoms with Crippen molar-refractivity contribution in [2.75, 3.05) is 30.9 Å². The van der Waals surface area contributed by atoms with Crippen molar-refractivity contribution >= 4 is 63.0 Å². The molecule has 7 nitrogen and oxygen atoms in total. The van der Waals surface area contributed by atoms with Crippen molar-refractivity contribution < 1.29 is 13.2 Å². The smallest absolute Gasteiger partial charge is 0.224 e. The third-order valence-corrected chi connectivity index (χ3v) is 4.76. The molecule has 1 atom stereocenters. The molecule has 0 fully saturated rings. The summed E-state index contributed by atoms with van der Waals surface area (Å²) >= 11 is 5.80. The van der Waals surface area contributed by atoms with Gasteiger partial charge < -0.3 is 16.0 Å². The van der Waals surface area contributed by atoms with Crippen molar-refractivity contribution in [3.05, 3.63) is 29.3 Å². The molecule has 3 N–H and O–H groups in total. The van der Waals surface area contributed by atoms with Crippen LogP contribution in [0.3, 0.4) is 0 Å². The number of anilines is 1. The number of nitrogens with zero attached hydrogens (tertiary/aromatic N) is 1. The van der Waals surface area contributed by atoms with E-state index in [0.29, 0.717) is 42.5 Å². The van der Waals surface area contributed by atoms with Crippen LogP contribution in [0.15, 0.2) is 29.3 Å². The van der Waals surface area contributed by atoms with Gasteiger partial charge in [-0.3, -0.25) is 9.79 Å². The Labute approximate surface area is 183 Å². The van der Waals surface area contributed by atoms with Crippen LogP contribution in [0.25, 0.3) is 0 Å². The summed E-state index contributed by atoms with van der Waals surface area (Å²) in [6, 6.07) is 6.92. The fourth-order valence-electron chi connectivity index (χ4n) is 2.10. The first-order valence-electron chi connectivity index (χ1n) is 8.40. The molecule has 1 aromatic carbocycles. The molecule has 0 aromatic heterocycles. The third kappa shape index (κ3) is 12.9. The van der Waals surface area contributed by atoms with Gasteiger partial charge in [-0.05, 0) is 44.0 Å². The topological polar surface area (TPSA) is 99.7 Å². The standard InChI is InChI=1S/C17H27ClN4O3S.HI/c1-13(10-12-26(3,24)25)21-17(19-2)20-11-4-5-16(23)22-15-8-6-14(18)7-9-15;/h6-9,13H,4-5,10-12H2,1-3H3,(H,22,23)(H2,19,20,21);1H. The molecule has 154 valence electrons. The molecule has 1 amide bonds. The minimum atomic E-state index is -2.97. The van der Waals surface area contributed by atoms with Crippen LogP contribution in [0.1, 0.15) is 26.2 Å². The van der Waals surface area contributed by atoms with Crippen LogP contribution in [0.5, 0.6) is 0 Å². The Bertz CT molecular complexity index is 711. The summed E-state index contributed by atoms with van der Waals surface area (Å²) in [5, 5.41) is 9.68. The van der Waals surface area contributed by atoms with E-state index in [1.807, 2.05) is 6.92 Å². The van der Waals surface area contributed by atoms with Crippen LogP contribution in [0, 0.1) is 0 Å². The number of nitrogens with one attached hydrogen (secondary N) is 3. The Balaban J connectivity index is 0.00000676. The number of hydrogen-bond donors (Lipinski definition) is 3. The lowest BCUT2D eigenvalue weighted by atomic mass is 10.2. The molecule has 0 aliphatic heterocycles. The predicted molar refractivity (Wildman–Crippen MR) is 123 cm³/mol. The normalized spacial score (nSPS) is 12.7. The highest BCUT2D eigenvalue weighted by atomic mass is 127. The van der Waals surface area contributed by atoms with Crippen LogP contribution in [-0.4, -0.2) is 51.9 Å². The van der Waals surface area contributed by atoms with Crippen LogP contribution >= 0.6 is 35.6 Å².